The number of ketones is 1. The van der Waals surface area contributed by atoms with Crippen molar-refractivity contribution in [1.29, 1.82) is 0 Å². The summed E-state index contributed by atoms with van der Waals surface area (Å²) >= 11 is 0. The van der Waals surface area contributed by atoms with Crippen LogP contribution in [0.25, 0.3) is 0 Å². The van der Waals surface area contributed by atoms with Crippen LogP contribution in [0.5, 0.6) is 5.75 Å². The summed E-state index contributed by atoms with van der Waals surface area (Å²) in [7, 11) is 2.00. The molecule has 0 atom stereocenters. The van der Waals surface area contributed by atoms with Crippen molar-refractivity contribution in [2.75, 3.05) is 14.1 Å². The molecule has 1 aromatic rings. The van der Waals surface area contributed by atoms with Crippen LogP contribution < -0.4 is 4.43 Å². The highest BCUT2D eigenvalue weighted by Crippen LogP contribution is 2.38. The molecule has 0 spiro atoms. The van der Waals surface area contributed by atoms with Crippen LogP contribution in [0.15, 0.2) is 47.7 Å². The highest BCUT2D eigenvalue weighted by Gasteiger charge is 2.39. The van der Waals surface area contributed by atoms with Gasteiger partial charge in [0.1, 0.15) is 5.75 Å². The van der Waals surface area contributed by atoms with Crippen LogP contribution >= 0.6 is 0 Å². The van der Waals surface area contributed by atoms with E-state index in [0.29, 0.717) is 11.3 Å². The molecular weight excluding hydrogens is 350 g/mol. The zero-order valence-corrected chi connectivity index (χ0v) is 19.1. The molecule has 1 aliphatic carbocycles. The Balaban J connectivity index is 2.37. The SMILES string of the molecule is CN(C)/C(=C\C(=O)c1ccccc1O[Si](C)(C)C(C)(C)C)C1=CCCCC1. The van der Waals surface area contributed by atoms with Gasteiger partial charge in [-0.3, -0.25) is 4.79 Å². The fourth-order valence-electron chi connectivity index (χ4n) is 2.97. The van der Waals surface area contributed by atoms with Gasteiger partial charge in [0.15, 0.2) is 5.78 Å². The van der Waals surface area contributed by atoms with Gasteiger partial charge in [0.25, 0.3) is 8.32 Å². The zero-order valence-electron chi connectivity index (χ0n) is 18.1. The quantitative estimate of drug-likeness (QED) is 0.332. The Morgan fingerprint density at radius 2 is 1.81 bits per heavy atom. The molecule has 0 saturated carbocycles. The van der Waals surface area contributed by atoms with E-state index in [4.69, 9.17) is 4.43 Å². The van der Waals surface area contributed by atoms with E-state index in [-0.39, 0.29) is 10.8 Å². The molecule has 4 heteroatoms. The molecule has 2 rings (SSSR count). The Labute approximate surface area is 166 Å². The maximum atomic E-state index is 13.2. The highest BCUT2D eigenvalue weighted by atomic mass is 28.4. The summed E-state index contributed by atoms with van der Waals surface area (Å²) in [6, 6.07) is 7.66. The number of likely N-dealkylation sites (N-methyl/N-ethyl adjacent to an activating group) is 1. The van der Waals surface area contributed by atoms with Crippen molar-refractivity contribution in [3.8, 4) is 5.75 Å². The molecular formula is C23H35NO2Si. The topological polar surface area (TPSA) is 29.5 Å². The van der Waals surface area contributed by atoms with Crippen LogP contribution in [0.1, 0.15) is 56.8 Å². The van der Waals surface area contributed by atoms with Gasteiger partial charge in [-0.15, -0.1) is 0 Å². The monoisotopic (exact) mass is 385 g/mol. The van der Waals surface area contributed by atoms with Crippen LogP contribution in [0, 0.1) is 0 Å². The van der Waals surface area contributed by atoms with Crippen molar-refractivity contribution in [3.63, 3.8) is 0 Å². The summed E-state index contributed by atoms with van der Waals surface area (Å²) in [6.45, 7) is 11.1. The Morgan fingerprint density at radius 3 is 2.37 bits per heavy atom. The number of rotatable bonds is 6. The first-order chi connectivity index (χ1) is 12.5. The summed E-state index contributed by atoms with van der Waals surface area (Å²) < 4.78 is 6.47. The fourth-order valence-corrected chi connectivity index (χ4v) is 4.00. The van der Waals surface area contributed by atoms with Gasteiger partial charge in [-0.1, -0.05) is 39.0 Å². The summed E-state index contributed by atoms with van der Waals surface area (Å²) in [5, 5.41) is 0.0840. The van der Waals surface area contributed by atoms with Gasteiger partial charge < -0.3 is 9.33 Å². The van der Waals surface area contributed by atoms with E-state index in [1.54, 1.807) is 6.08 Å². The standard InChI is InChI=1S/C23H35NO2Si/c1-23(2,3)27(6,7)26-22-16-12-11-15-19(22)21(25)17-20(24(4)5)18-13-9-8-10-14-18/h11-13,15-17H,8-10,14H2,1-7H3/b20-17-. The minimum Gasteiger partial charge on any atom is -0.543 e. The van der Waals surface area contributed by atoms with Crippen LogP contribution in [0.3, 0.4) is 0 Å². The lowest BCUT2D eigenvalue weighted by Gasteiger charge is -2.36. The summed E-state index contributed by atoms with van der Waals surface area (Å²) in [6.07, 6.45) is 8.63. The number of carbonyl (C=O) groups excluding carboxylic acids is 1. The minimum atomic E-state index is -2.01. The third-order valence-electron chi connectivity index (χ3n) is 5.69. The molecule has 148 valence electrons. The number of para-hydroxylation sites is 1. The average molecular weight is 386 g/mol. The molecule has 0 aromatic heterocycles. The van der Waals surface area contributed by atoms with Gasteiger partial charge in [0, 0.05) is 25.9 Å². The van der Waals surface area contributed by atoms with E-state index in [1.165, 1.54) is 18.4 Å². The molecule has 0 bridgehead atoms. The molecule has 0 unspecified atom stereocenters. The highest BCUT2D eigenvalue weighted by molar-refractivity contribution is 6.74. The molecule has 1 aromatic carbocycles. The van der Waals surface area contributed by atoms with Gasteiger partial charge in [0.05, 0.1) is 5.56 Å². The van der Waals surface area contributed by atoms with Crippen molar-refractivity contribution >= 4 is 14.1 Å². The van der Waals surface area contributed by atoms with Gasteiger partial charge in [0.2, 0.25) is 0 Å². The molecule has 0 fully saturated rings. The summed E-state index contributed by atoms with van der Waals surface area (Å²) in [4.78, 5) is 15.2. The first-order valence-electron chi connectivity index (χ1n) is 9.94. The lowest BCUT2D eigenvalue weighted by Crippen LogP contribution is -2.44. The second-order valence-corrected chi connectivity index (χ2v) is 13.8. The van der Waals surface area contributed by atoms with Gasteiger partial charge >= 0.3 is 0 Å². The number of carbonyl (C=O) groups is 1. The first-order valence-corrected chi connectivity index (χ1v) is 12.8. The van der Waals surface area contributed by atoms with Crippen LogP contribution in [-0.2, 0) is 0 Å². The number of allylic oxidation sites excluding steroid dienone is 3. The van der Waals surface area contributed by atoms with Crippen LogP contribution in [0.4, 0.5) is 0 Å². The predicted octanol–water partition coefficient (Wildman–Crippen LogP) is 6.20. The van der Waals surface area contributed by atoms with E-state index in [9.17, 15) is 4.79 Å². The molecule has 0 amide bonds. The van der Waals surface area contributed by atoms with E-state index >= 15 is 0 Å². The van der Waals surface area contributed by atoms with Gasteiger partial charge in [-0.2, -0.15) is 0 Å². The Hall–Kier alpha value is -1.81. The predicted molar refractivity (Wildman–Crippen MR) is 117 cm³/mol. The number of nitrogens with zero attached hydrogens (tertiary/aromatic N) is 1. The maximum Gasteiger partial charge on any atom is 0.250 e. The third-order valence-corrected chi connectivity index (χ3v) is 10.0. The Kier molecular flexibility index (Phi) is 6.74. The van der Waals surface area contributed by atoms with E-state index in [0.717, 1.165) is 18.5 Å². The molecule has 0 radical (unpaired) electrons. The summed E-state index contributed by atoms with van der Waals surface area (Å²) in [5.74, 6) is 0.723. The van der Waals surface area contributed by atoms with E-state index in [2.05, 4.69) is 39.9 Å². The molecule has 0 saturated heterocycles. The summed E-state index contributed by atoms with van der Waals surface area (Å²) in [5.41, 5.74) is 2.95. The van der Waals surface area contributed by atoms with Crippen LogP contribution in [0.2, 0.25) is 18.1 Å². The van der Waals surface area contributed by atoms with Crippen molar-refractivity contribution < 1.29 is 9.22 Å². The zero-order chi connectivity index (χ0) is 20.2. The van der Waals surface area contributed by atoms with E-state index < -0.39 is 8.32 Å². The second-order valence-electron chi connectivity index (χ2n) is 9.12. The van der Waals surface area contributed by atoms with Crippen LogP contribution in [-0.4, -0.2) is 33.1 Å². The molecule has 0 N–H and O–H groups in total. The van der Waals surface area contributed by atoms with Gasteiger partial charge in [-0.25, -0.2) is 0 Å². The largest absolute Gasteiger partial charge is 0.543 e. The Morgan fingerprint density at radius 1 is 1.15 bits per heavy atom. The molecule has 0 aliphatic heterocycles. The molecule has 3 nitrogen and oxygen atoms in total. The van der Waals surface area contributed by atoms with Gasteiger partial charge in [-0.05, 0) is 61.5 Å². The van der Waals surface area contributed by atoms with Crippen molar-refractivity contribution in [3.05, 3.63) is 53.3 Å². The van der Waals surface area contributed by atoms with Crippen molar-refractivity contribution in [2.45, 2.75) is 64.6 Å². The lowest BCUT2D eigenvalue weighted by molar-refractivity contribution is 0.104. The maximum absolute atomic E-state index is 13.2. The normalized spacial score (nSPS) is 16.0. The number of hydrogen-bond donors (Lipinski definition) is 0. The number of benzene rings is 1. The van der Waals surface area contributed by atoms with E-state index in [1.807, 2.05) is 43.3 Å². The second kappa shape index (κ2) is 8.47. The lowest BCUT2D eigenvalue weighted by atomic mass is 9.95. The van der Waals surface area contributed by atoms with Crippen molar-refractivity contribution in [2.24, 2.45) is 0 Å². The molecule has 1 aliphatic rings. The third kappa shape index (κ3) is 5.35. The number of hydrogen-bond acceptors (Lipinski definition) is 3. The average Bonchev–Trinajstić information content (AvgIpc) is 2.59. The Bertz CT molecular complexity index is 739. The molecule has 27 heavy (non-hydrogen) atoms. The fraction of sp³-hybridized carbons (Fsp3) is 0.522. The smallest absolute Gasteiger partial charge is 0.250 e. The first kappa shape index (κ1) is 21.5. The van der Waals surface area contributed by atoms with Crippen molar-refractivity contribution in [1.82, 2.24) is 4.90 Å². The minimum absolute atomic E-state index is 0.0134. The molecule has 0 heterocycles.